The number of aliphatic hydroxyl groups is 1. The highest BCUT2D eigenvalue weighted by Crippen LogP contribution is 2.20. The van der Waals surface area contributed by atoms with Crippen LogP contribution in [0.4, 0.5) is 4.39 Å². The van der Waals surface area contributed by atoms with Crippen molar-refractivity contribution in [3.05, 3.63) is 33.5 Å². The fourth-order valence-electron chi connectivity index (χ4n) is 1.000. The van der Waals surface area contributed by atoms with Crippen molar-refractivity contribution >= 4 is 15.9 Å². The number of halogens is 2. The first-order valence-electron chi connectivity index (χ1n) is 3.70. The van der Waals surface area contributed by atoms with E-state index in [1.807, 2.05) is 6.92 Å². The summed E-state index contributed by atoms with van der Waals surface area (Å²) in [5.41, 5.74) is 1.42. The van der Waals surface area contributed by atoms with Crippen molar-refractivity contribution in [2.75, 3.05) is 6.61 Å². The lowest BCUT2D eigenvalue weighted by Gasteiger charge is -2.04. The zero-order valence-corrected chi connectivity index (χ0v) is 8.36. The normalized spacial score (nSPS) is 10.3. The van der Waals surface area contributed by atoms with Gasteiger partial charge in [-0.2, -0.15) is 0 Å². The summed E-state index contributed by atoms with van der Waals surface area (Å²) < 4.78 is 14.0. The Hall–Kier alpha value is -0.410. The molecule has 0 atom stereocenters. The van der Waals surface area contributed by atoms with Crippen molar-refractivity contribution in [2.45, 2.75) is 13.3 Å². The van der Waals surface area contributed by atoms with Gasteiger partial charge in [0.25, 0.3) is 0 Å². The minimum Gasteiger partial charge on any atom is -0.396 e. The predicted molar refractivity (Wildman–Crippen MR) is 49.6 cm³/mol. The zero-order chi connectivity index (χ0) is 9.14. The van der Waals surface area contributed by atoms with Gasteiger partial charge in [-0.25, -0.2) is 4.39 Å². The molecular weight excluding hydrogens is 223 g/mol. The molecule has 0 heterocycles. The van der Waals surface area contributed by atoms with Gasteiger partial charge in [0.15, 0.2) is 0 Å². The molecule has 0 unspecified atom stereocenters. The molecule has 0 aliphatic rings. The van der Waals surface area contributed by atoms with Crippen LogP contribution >= 0.6 is 15.9 Å². The van der Waals surface area contributed by atoms with Gasteiger partial charge >= 0.3 is 0 Å². The summed E-state index contributed by atoms with van der Waals surface area (Å²) >= 11 is 3.30. The van der Waals surface area contributed by atoms with Crippen LogP contribution < -0.4 is 0 Å². The van der Waals surface area contributed by atoms with Gasteiger partial charge in [-0.05, 0) is 36.6 Å². The second kappa shape index (κ2) is 4.01. The zero-order valence-electron chi connectivity index (χ0n) is 6.77. The van der Waals surface area contributed by atoms with Gasteiger partial charge in [-0.15, -0.1) is 0 Å². The van der Waals surface area contributed by atoms with E-state index < -0.39 is 0 Å². The lowest BCUT2D eigenvalue weighted by atomic mass is 10.1. The van der Waals surface area contributed by atoms with Gasteiger partial charge in [-0.3, -0.25) is 0 Å². The molecule has 1 N–H and O–H groups in total. The van der Waals surface area contributed by atoms with Crippen molar-refractivity contribution in [3.63, 3.8) is 0 Å². The molecule has 0 bridgehead atoms. The highest BCUT2D eigenvalue weighted by atomic mass is 79.9. The van der Waals surface area contributed by atoms with Crippen LogP contribution in [0.2, 0.25) is 0 Å². The van der Waals surface area contributed by atoms with Crippen LogP contribution in [0.5, 0.6) is 0 Å². The van der Waals surface area contributed by atoms with Crippen molar-refractivity contribution in [1.29, 1.82) is 0 Å². The second-order valence-corrected chi connectivity index (χ2v) is 3.52. The molecular formula is C9H10BrFO. The molecule has 66 valence electrons. The maximum Gasteiger partial charge on any atom is 0.126 e. The molecule has 0 aliphatic carbocycles. The van der Waals surface area contributed by atoms with Crippen LogP contribution in [0.15, 0.2) is 16.6 Å². The quantitative estimate of drug-likeness (QED) is 0.831. The Labute approximate surface area is 79.4 Å². The van der Waals surface area contributed by atoms with Crippen LogP contribution in [0, 0.1) is 12.7 Å². The molecule has 0 amide bonds. The Balaban J connectivity index is 3.05. The van der Waals surface area contributed by atoms with Crippen LogP contribution in [-0.2, 0) is 6.42 Å². The van der Waals surface area contributed by atoms with Crippen molar-refractivity contribution < 1.29 is 9.50 Å². The summed E-state index contributed by atoms with van der Waals surface area (Å²) in [6.07, 6.45) is 0.366. The van der Waals surface area contributed by atoms with Crippen molar-refractivity contribution in [2.24, 2.45) is 0 Å². The first-order chi connectivity index (χ1) is 5.65. The third-order valence-electron chi connectivity index (χ3n) is 1.71. The monoisotopic (exact) mass is 232 g/mol. The van der Waals surface area contributed by atoms with Crippen LogP contribution in [0.3, 0.4) is 0 Å². The number of hydrogen-bond acceptors (Lipinski definition) is 1. The van der Waals surface area contributed by atoms with Gasteiger partial charge in [0, 0.05) is 11.1 Å². The van der Waals surface area contributed by atoms with E-state index >= 15 is 0 Å². The summed E-state index contributed by atoms with van der Waals surface area (Å²) in [5, 5.41) is 8.62. The Bertz CT molecular complexity index is 286. The number of benzene rings is 1. The van der Waals surface area contributed by atoms with E-state index in [0.29, 0.717) is 12.0 Å². The number of rotatable bonds is 2. The second-order valence-electron chi connectivity index (χ2n) is 2.67. The Morgan fingerprint density at radius 3 is 2.75 bits per heavy atom. The van der Waals surface area contributed by atoms with E-state index in [-0.39, 0.29) is 12.4 Å². The Kier molecular flexibility index (Phi) is 3.23. The molecule has 1 rings (SSSR count). The average molecular weight is 233 g/mol. The fourth-order valence-corrected chi connectivity index (χ4v) is 1.39. The minimum absolute atomic E-state index is 0.0214. The molecule has 0 spiro atoms. The molecule has 0 aliphatic heterocycles. The standard InChI is InChI=1S/C9H10BrFO/c1-6-4-9(11)7(2-3-12)5-8(6)10/h4-5,12H,2-3H2,1H3. The van der Waals surface area contributed by atoms with Crippen LogP contribution in [0.25, 0.3) is 0 Å². The van der Waals surface area contributed by atoms with E-state index in [4.69, 9.17) is 5.11 Å². The molecule has 3 heteroatoms. The summed E-state index contributed by atoms with van der Waals surface area (Å²) in [4.78, 5) is 0. The molecule has 0 fully saturated rings. The van der Waals surface area contributed by atoms with Crippen LogP contribution in [0.1, 0.15) is 11.1 Å². The van der Waals surface area contributed by atoms with Crippen molar-refractivity contribution in [3.8, 4) is 0 Å². The van der Waals surface area contributed by atoms with E-state index in [1.165, 1.54) is 6.07 Å². The summed E-state index contributed by atoms with van der Waals surface area (Å²) in [7, 11) is 0. The van der Waals surface area contributed by atoms with E-state index in [1.54, 1.807) is 6.07 Å². The molecule has 0 radical (unpaired) electrons. The van der Waals surface area contributed by atoms with Gasteiger partial charge < -0.3 is 5.11 Å². The highest BCUT2D eigenvalue weighted by Gasteiger charge is 2.04. The van der Waals surface area contributed by atoms with E-state index in [0.717, 1.165) is 10.0 Å². The molecule has 1 aromatic rings. The molecule has 1 nitrogen and oxygen atoms in total. The van der Waals surface area contributed by atoms with E-state index in [2.05, 4.69) is 15.9 Å². The topological polar surface area (TPSA) is 20.2 Å². The maximum atomic E-state index is 13.1. The van der Waals surface area contributed by atoms with Crippen LogP contribution in [-0.4, -0.2) is 11.7 Å². The molecule has 0 aromatic heterocycles. The Morgan fingerprint density at radius 1 is 1.50 bits per heavy atom. The van der Waals surface area contributed by atoms with Gasteiger partial charge in [0.2, 0.25) is 0 Å². The van der Waals surface area contributed by atoms with E-state index in [9.17, 15) is 4.39 Å². The molecule has 0 saturated carbocycles. The van der Waals surface area contributed by atoms with Gasteiger partial charge in [0.1, 0.15) is 5.82 Å². The number of hydrogen-bond donors (Lipinski definition) is 1. The summed E-state index contributed by atoms with van der Waals surface area (Å²) in [6.45, 7) is 1.81. The smallest absolute Gasteiger partial charge is 0.126 e. The highest BCUT2D eigenvalue weighted by molar-refractivity contribution is 9.10. The summed E-state index contributed by atoms with van der Waals surface area (Å²) in [5.74, 6) is -0.246. The Morgan fingerprint density at radius 2 is 2.17 bits per heavy atom. The first-order valence-corrected chi connectivity index (χ1v) is 4.50. The number of aliphatic hydroxyl groups excluding tert-OH is 1. The SMILES string of the molecule is Cc1cc(F)c(CCO)cc1Br. The number of aryl methyl sites for hydroxylation is 1. The third kappa shape index (κ3) is 2.05. The first kappa shape index (κ1) is 9.68. The molecule has 0 saturated heterocycles. The predicted octanol–water partition coefficient (Wildman–Crippen LogP) is 2.43. The third-order valence-corrected chi connectivity index (χ3v) is 2.56. The lowest BCUT2D eigenvalue weighted by molar-refractivity contribution is 0.297. The van der Waals surface area contributed by atoms with Gasteiger partial charge in [0.05, 0.1) is 0 Å². The minimum atomic E-state index is -0.246. The summed E-state index contributed by atoms with van der Waals surface area (Å²) in [6, 6.07) is 3.18. The molecule has 1 aromatic carbocycles. The maximum absolute atomic E-state index is 13.1. The fraction of sp³-hybridized carbons (Fsp3) is 0.333. The van der Waals surface area contributed by atoms with Crippen molar-refractivity contribution in [1.82, 2.24) is 0 Å². The van der Waals surface area contributed by atoms with Gasteiger partial charge in [-0.1, -0.05) is 15.9 Å². The largest absolute Gasteiger partial charge is 0.396 e. The molecule has 12 heavy (non-hydrogen) atoms. The lowest BCUT2D eigenvalue weighted by Crippen LogP contribution is -1.95. The average Bonchev–Trinajstić information content (AvgIpc) is 2.01.